The SMILES string of the molecule is CCCCn1c(N)c(N(C(=O)Cn2ccnc2)C2CCCC2)c(=O)[nH]c1=O. The van der Waals surface area contributed by atoms with Gasteiger partial charge < -0.3 is 10.3 Å². The number of nitrogens with one attached hydrogen (secondary N) is 1. The Morgan fingerprint density at radius 3 is 2.74 bits per heavy atom. The van der Waals surface area contributed by atoms with Gasteiger partial charge in [0, 0.05) is 25.0 Å². The molecule has 0 bridgehead atoms. The second kappa shape index (κ2) is 8.24. The first-order chi connectivity index (χ1) is 13.0. The fourth-order valence-electron chi connectivity index (χ4n) is 3.63. The third kappa shape index (κ3) is 3.96. The lowest BCUT2D eigenvalue weighted by molar-refractivity contribution is -0.119. The summed E-state index contributed by atoms with van der Waals surface area (Å²) in [7, 11) is 0. The van der Waals surface area contributed by atoms with Gasteiger partial charge in [-0.3, -0.25) is 24.0 Å². The maximum atomic E-state index is 13.1. The van der Waals surface area contributed by atoms with Crippen LogP contribution in [-0.4, -0.2) is 31.1 Å². The molecule has 1 fully saturated rings. The van der Waals surface area contributed by atoms with E-state index in [2.05, 4.69) is 9.97 Å². The van der Waals surface area contributed by atoms with Gasteiger partial charge in [0.25, 0.3) is 5.56 Å². The monoisotopic (exact) mass is 374 g/mol. The molecule has 9 heteroatoms. The van der Waals surface area contributed by atoms with Gasteiger partial charge in [0.15, 0.2) is 5.69 Å². The molecule has 3 rings (SSSR count). The summed E-state index contributed by atoms with van der Waals surface area (Å²) in [6.07, 6.45) is 10.1. The minimum absolute atomic E-state index is 0.0584. The summed E-state index contributed by atoms with van der Waals surface area (Å²) < 4.78 is 3.01. The molecule has 2 aromatic rings. The summed E-state index contributed by atoms with van der Waals surface area (Å²) in [6, 6.07) is -0.0958. The number of hydrogen-bond acceptors (Lipinski definition) is 5. The molecule has 3 N–H and O–H groups in total. The highest BCUT2D eigenvalue weighted by Crippen LogP contribution is 2.29. The number of rotatable bonds is 7. The average Bonchev–Trinajstić information content (AvgIpc) is 3.32. The van der Waals surface area contributed by atoms with Crippen LogP contribution in [0, 0.1) is 0 Å². The molecular weight excluding hydrogens is 348 g/mol. The lowest BCUT2D eigenvalue weighted by Crippen LogP contribution is -2.46. The fourth-order valence-corrected chi connectivity index (χ4v) is 3.63. The van der Waals surface area contributed by atoms with E-state index in [1.54, 1.807) is 23.3 Å². The van der Waals surface area contributed by atoms with Crippen LogP contribution in [0.5, 0.6) is 0 Å². The van der Waals surface area contributed by atoms with E-state index in [4.69, 9.17) is 5.73 Å². The van der Waals surface area contributed by atoms with Crippen molar-refractivity contribution in [2.24, 2.45) is 0 Å². The number of amides is 1. The van der Waals surface area contributed by atoms with Crippen molar-refractivity contribution in [1.29, 1.82) is 0 Å². The molecule has 0 saturated heterocycles. The highest BCUT2D eigenvalue weighted by molar-refractivity contribution is 5.96. The largest absolute Gasteiger partial charge is 0.383 e. The van der Waals surface area contributed by atoms with Crippen LogP contribution in [0.4, 0.5) is 11.5 Å². The number of aromatic nitrogens is 4. The maximum Gasteiger partial charge on any atom is 0.330 e. The van der Waals surface area contributed by atoms with Crippen molar-refractivity contribution in [1.82, 2.24) is 19.1 Å². The minimum Gasteiger partial charge on any atom is -0.383 e. The van der Waals surface area contributed by atoms with E-state index in [-0.39, 0.29) is 30.0 Å². The number of H-pyrrole nitrogens is 1. The molecule has 2 heterocycles. The quantitative estimate of drug-likeness (QED) is 0.752. The van der Waals surface area contributed by atoms with Gasteiger partial charge in [-0.2, -0.15) is 0 Å². The van der Waals surface area contributed by atoms with Gasteiger partial charge >= 0.3 is 5.69 Å². The predicted molar refractivity (Wildman–Crippen MR) is 103 cm³/mol. The highest BCUT2D eigenvalue weighted by Gasteiger charge is 2.32. The summed E-state index contributed by atoms with van der Waals surface area (Å²) in [6.45, 7) is 2.47. The van der Waals surface area contributed by atoms with Crippen molar-refractivity contribution in [3.05, 3.63) is 39.6 Å². The number of nitrogens with two attached hydrogens (primary N) is 1. The zero-order chi connectivity index (χ0) is 19.4. The second-order valence-electron chi connectivity index (χ2n) is 6.94. The molecule has 1 aliphatic carbocycles. The molecule has 0 unspecified atom stereocenters. The molecule has 146 valence electrons. The van der Waals surface area contributed by atoms with Crippen LogP contribution < -0.4 is 21.9 Å². The number of nitrogens with zero attached hydrogens (tertiary/aromatic N) is 4. The number of unbranched alkanes of at least 4 members (excludes halogenated alkanes) is 1. The van der Waals surface area contributed by atoms with Crippen molar-refractivity contribution in [3.63, 3.8) is 0 Å². The number of hydrogen-bond donors (Lipinski definition) is 2. The molecule has 2 aromatic heterocycles. The van der Waals surface area contributed by atoms with Gasteiger partial charge in [-0.05, 0) is 19.3 Å². The van der Waals surface area contributed by atoms with Crippen LogP contribution in [-0.2, 0) is 17.9 Å². The van der Waals surface area contributed by atoms with Crippen molar-refractivity contribution >= 4 is 17.4 Å². The summed E-state index contributed by atoms with van der Waals surface area (Å²) in [5.41, 5.74) is 5.17. The maximum absolute atomic E-state index is 13.1. The number of anilines is 2. The van der Waals surface area contributed by atoms with Gasteiger partial charge in [0.1, 0.15) is 12.4 Å². The van der Waals surface area contributed by atoms with Gasteiger partial charge in [-0.15, -0.1) is 0 Å². The first kappa shape index (κ1) is 18.9. The smallest absolute Gasteiger partial charge is 0.330 e. The van der Waals surface area contributed by atoms with E-state index < -0.39 is 11.2 Å². The number of nitrogen functional groups attached to an aromatic ring is 1. The number of imidazole rings is 1. The van der Waals surface area contributed by atoms with Crippen LogP contribution in [0.15, 0.2) is 28.3 Å². The zero-order valence-electron chi connectivity index (χ0n) is 15.6. The van der Waals surface area contributed by atoms with E-state index in [1.807, 2.05) is 6.92 Å². The third-order valence-electron chi connectivity index (χ3n) is 5.03. The first-order valence-corrected chi connectivity index (χ1v) is 9.43. The van der Waals surface area contributed by atoms with Gasteiger partial charge in [0.05, 0.1) is 6.33 Å². The highest BCUT2D eigenvalue weighted by atomic mass is 16.2. The van der Waals surface area contributed by atoms with E-state index in [1.165, 1.54) is 9.47 Å². The Morgan fingerprint density at radius 2 is 2.11 bits per heavy atom. The Morgan fingerprint density at radius 1 is 1.37 bits per heavy atom. The second-order valence-corrected chi connectivity index (χ2v) is 6.94. The Hall–Kier alpha value is -2.84. The molecule has 27 heavy (non-hydrogen) atoms. The topological polar surface area (TPSA) is 119 Å². The minimum atomic E-state index is -0.615. The van der Waals surface area contributed by atoms with Crippen molar-refractivity contribution in [3.8, 4) is 0 Å². The summed E-state index contributed by atoms with van der Waals surface area (Å²) in [5.74, 6) is -0.180. The molecule has 1 aliphatic rings. The fraction of sp³-hybridized carbons (Fsp3) is 0.556. The lowest BCUT2D eigenvalue weighted by Gasteiger charge is -2.30. The molecule has 9 nitrogen and oxygen atoms in total. The van der Waals surface area contributed by atoms with E-state index in [9.17, 15) is 14.4 Å². The molecule has 0 radical (unpaired) electrons. The van der Waals surface area contributed by atoms with Crippen LogP contribution in [0.3, 0.4) is 0 Å². The predicted octanol–water partition coefficient (Wildman–Crippen LogP) is 1.09. The van der Waals surface area contributed by atoms with E-state index in [0.29, 0.717) is 6.54 Å². The summed E-state index contributed by atoms with van der Waals surface area (Å²) in [4.78, 5) is 45.7. The van der Waals surface area contributed by atoms with Gasteiger partial charge in [0.2, 0.25) is 5.91 Å². The molecule has 0 aromatic carbocycles. The third-order valence-corrected chi connectivity index (χ3v) is 5.03. The number of aromatic amines is 1. The molecule has 0 aliphatic heterocycles. The Kier molecular flexibility index (Phi) is 5.78. The normalized spacial score (nSPS) is 14.6. The van der Waals surface area contributed by atoms with Crippen molar-refractivity contribution < 1.29 is 4.79 Å². The van der Waals surface area contributed by atoms with Gasteiger partial charge in [-0.25, -0.2) is 9.78 Å². The molecule has 1 saturated carbocycles. The van der Waals surface area contributed by atoms with Crippen LogP contribution in [0.2, 0.25) is 0 Å². The van der Waals surface area contributed by atoms with Crippen molar-refractivity contribution in [2.45, 2.75) is 64.6 Å². The average molecular weight is 374 g/mol. The van der Waals surface area contributed by atoms with Crippen LogP contribution >= 0.6 is 0 Å². The summed E-state index contributed by atoms with van der Waals surface area (Å²) in [5, 5.41) is 0. The molecular formula is C18H26N6O3. The summed E-state index contributed by atoms with van der Waals surface area (Å²) >= 11 is 0. The number of carbonyl (C=O) groups is 1. The van der Waals surface area contributed by atoms with Crippen LogP contribution in [0.1, 0.15) is 45.4 Å². The Labute approximate surface area is 156 Å². The lowest BCUT2D eigenvalue weighted by atomic mass is 10.2. The Balaban J connectivity index is 2.04. The Bertz CT molecular complexity index is 893. The molecule has 1 amide bonds. The van der Waals surface area contributed by atoms with E-state index >= 15 is 0 Å². The molecule has 0 atom stereocenters. The van der Waals surface area contributed by atoms with E-state index in [0.717, 1.165) is 38.5 Å². The molecule has 0 spiro atoms. The van der Waals surface area contributed by atoms with Gasteiger partial charge in [-0.1, -0.05) is 26.2 Å². The first-order valence-electron chi connectivity index (χ1n) is 9.43. The zero-order valence-corrected chi connectivity index (χ0v) is 15.6. The van der Waals surface area contributed by atoms with Crippen LogP contribution in [0.25, 0.3) is 0 Å². The standard InChI is InChI=1S/C18H26N6O3/c1-2-3-9-23-16(19)15(17(26)21-18(23)27)24(13-6-4-5-7-13)14(25)11-22-10-8-20-12-22/h8,10,12-13H,2-7,9,11,19H2,1H3,(H,21,26,27). The van der Waals surface area contributed by atoms with Crippen molar-refractivity contribution in [2.75, 3.05) is 10.6 Å². The number of carbonyl (C=O) groups excluding carboxylic acids is 1.